The second-order valence-electron chi connectivity index (χ2n) is 8.90. The maximum Gasteiger partial charge on any atom is 0.0552 e. The third-order valence-electron chi connectivity index (χ3n) is 7.03. The summed E-state index contributed by atoms with van der Waals surface area (Å²) in [4.78, 5) is 5.32. The Morgan fingerprint density at radius 1 is 0.344 bits per heavy atom. The summed E-state index contributed by atoms with van der Waals surface area (Å²) in [6.07, 6.45) is 0. The summed E-state index contributed by atoms with van der Waals surface area (Å²) in [5.74, 6) is 0. The Morgan fingerprint density at radius 3 is 0.781 bits per heavy atom. The molecule has 0 amide bonds. The molecule has 0 aromatic heterocycles. The Bertz CT molecular complexity index is 959. The van der Waals surface area contributed by atoms with Crippen LogP contribution in [-0.2, 0) is 0 Å². The van der Waals surface area contributed by atoms with Crippen molar-refractivity contribution < 1.29 is 0 Å². The maximum absolute atomic E-state index is 2.66. The first-order chi connectivity index (χ1) is 15.9. The molecule has 2 heterocycles. The van der Waals surface area contributed by atoms with Crippen molar-refractivity contribution in [2.24, 2.45) is 0 Å². The largest absolute Gasteiger partial charge is 0.284 e. The lowest BCUT2D eigenvalue weighted by molar-refractivity contribution is 0.393. The van der Waals surface area contributed by atoms with E-state index in [1.54, 1.807) is 0 Å². The maximum atomic E-state index is 2.66. The van der Waals surface area contributed by atoms with Crippen LogP contribution in [0.1, 0.15) is 46.4 Å². The van der Waals surface area contributed by atoms with Crippen LogP contribution in [-0.4, -0.2) is 22.9 Å². The normalized spacial score (nSPS) is 28.2. The van der Waals surface area contributed by atoms with Gasteiger partial charge in [-0.3, -0.25) is 9.80 Å². The lowest BCUT2D eigenvalue weighted by Crippen LogP contribution is -2.14. The van der Waals surface area contributed by atoms with Crippen LogP contribution in [0.25, 0.3) is 0 Å². The molecule has 6 rings (SSSR count). The standard InChI is InChI=1S/C30H28N2/c1-5-13-23(14-6-1)27-28(24-15-7-2-8-16-24)31(27)21-22-32-29(25-17-9-3-10-18-25)30(32)26-19-11-4-12-20-26/h1-20,27-30H,21-22H2/t27-,28-,29-,30-/m1/s1. The minimum absolute atomic E-state index is 0.476. The average molecular weight is 417 g/mol. The van der Waals surface area contributed by atoms with Crippen molar-refractivity contribution in [2.45, 2.75) is 24.2 Å². The first-order valence-corrected chi connectivity index (χ1v) is 11.6. The molecule has 0 bridgehead atoms. The molecule has 0 radical (unpaired) electrons. The number of benzene rings is 4. The number of hydrogen-bond donors (Lipinski definition) is 0. The summed E-state index contributed by atoms with van der Waals surface area (Å²) in [6, 6.07) is 45.8. The molecule has 2 fully saturated rings. The van der Waals surface area contributed by atoms with Gasteiger partial charge in [0.15, 0.2) is 0 Å². The third kappa shape index (κ3) is 3.66. The van der Waals surface area contributed by atoms with Gasteiger partial charge < -0.3 is 0 Å². The summed E-state index contributed by atoms with van der Waals surface area (Å²) in [5.41, 5.74) is 5.69. The first-order valence-electron chi connectivity index (χ1n) is 11.6. The summed E-state index contributed by atoms with van der Waals surface area (Å²) in [7, 11) is 0. The van der Waals surface area contributed by atoms with Crippen molar-refractivity contribution in [1.29, 1.82) is 0 Å². The predicted octanol–water partition coefficient (Wildman–Crippen LogP) is 6.58. The van der Waals surface area contributed by atoms with Gasteiger partial charge in [0, 0.05) is 13.1 Å². The molecule has 2 heteroatoms. The molecule has 0 saturated carbocycles. The summed E-state index contributed by atoms with van der Waals surface area (Å²) < 4.78 is 0. The van der Waals surface area contributed by atoms with Gasteiger partial charge in [-0.2, -0.15) is 0 Å². The fourth-order valence-electron chi connectivity index (χ4n) is 5.43. The number of hydrogen-bond acceptors (Lipinski definition) is 2. The van der Waals surface area contributed by atoms with Gasteiger partial charge >= 0.3 is 0 Å². The highest BCUT2D eigenvalue weighted by Gasteiger charge is 2.52. The topological polar surface area (TPSA) is 6.02 Å². The molecule has 4 atom stereocenters. The molecule has 0 N–H and O–H groups in total. The van der Waals surface area contributed by atoms with Crippen molar-refractivity contribution in [3.05, 3.63) is 144 Å². The van der Waals surface area contributed by atoms with E-state index in [1.807, 2.05) is 0 Å². The van der Waals surface area contributed by atoms with Gasteiger partial charge in [0.2, 0.25) is 0 Å². The van der Waals surface area contributed by atoms with Gasteiger partial charge in [0.1, 0.15) is 0 Å². The summed E-state index contributed by atoms with van der Waals surface area (Å²) in [6.45, 7) is 2.15. The summed E-state index contributed by atoms with van der Waals surface area (Å²) >= 11 is 0. The SMILES string of the molecule is c1ccc([C@@H]2[C@@H](c3ccccc3)N2CCN2[C@H](c3ccccc3)[C@H]2c2ccccc2)cc1. The minimum Gasteiger partial charge on any atom is -0.284 e. The van der Waals surface area contributed by atoms with Crippen molar-refractivity contribution in [2.75, 3.05) is 13.1 Å². The van der Waals surface area contributed by atoms with E-state index in [2.05, 4.69) is 131 Å². The molecule has 4 aromatic carbocycles. The van der Waals surface area contributed by atoms with Crippen LogP contribution in [0, 0.1) is 0 Å². The van der Waals surface area contributed by atoms with Crippen molar-refractivity contribution in [1.82, 2.24) is 9.80 Å². The fourth-order valence-corrected chi connectivity index (χ4v) is 5.43. The number of nitrogens with zero attached hydrogens (tertiary/aromatic N) is 2. The van der Waals surface area contributed by atoms with Gasteiger partial charge in [0.25, 0.3) is 0 Å². The second kappa shape index (κ2) is 8.38. The van der Waals surface area contributed by atoms with Gasteiger partial charge in [-0.15, -0.1) is 0 Å². The van der Waals surface area contributed by atoms with Crippen molar-refractivity contribution in [3.63, 3.8) is 0 Å². The molecule has 0 spiro atoms. The molecule has 2 aliphatic heterocycles. The van der Waals surface area contributed by atoms with E-state index in [4.69, 9.17) is 0 Å². The van der Waals surface area contributed by atoms with Crippen molar-refractivity contribution in [3.8, 4) is 0 Å². The van der Waals surface area contributed by atoms with E-state index >= 15 is 0 Å². The van der Waals surface area contributed by atoms with Gasteiger partial charge in [-0.1, -0.05) is 121 Å². The molecule has 32 heavy (non-hydrogen) atoms. The van der Waals surface area contributed by atoms with E-state index in [0.29, 0.717) is 24.2 Å². The molecule has 0 unspecified atom stereocenters. The molecular weight excluding hydrogens is 388 g/mol. The first kappa shape index (κ1) is 19.5. The monoisotopic (exact) mass is 416 g/mol. The van der Waals surface area contributed by atoms with E-state index in [0.717, 1.165) is 13.1 Å². The lowest BCUT2D eigenvalue weighted by atomic mass is 10.0. The lowest BCUT2D eigenvalue weighted by Gasteiger charge is -2.08. The molecule has 158 valence electrons. The van der Waals surface area contributed by atoms with E-state index in [1.165, 1.54) is 22.3 Å². The van der Waals surface area contributed by atoms with E-state index in [-0.39, 0.29) is 0 Å². The van der Waals surface area contributed by atoms with Crippen LogP contribution < -0.4 is 0 Å². The highest BCUT2D eigenvalue weighted by molar-refractivity contribution is 5.37. The average Bonchev–Trinajstić information content (AvgIpc) is 3.78. The zero-order chi connectivity index (χ0) is 21.3. The second-order valence-corrected chi connectivity index (χ2v) is 8.90. The molecule has 2 aliphatic rings. The Hall–Kier alpha value is -3.20. The number of rotatable bonds is 7. The van der Waals surface area contributed by atoms with Crippen LogP contribution in [0.15, 0.2) is 121 Å². The predicted molar refractivity (Wildman–Crippen MR) is 130 cm³/mol. The van der Waals surface area contributed by atoms with Crippen LogP contribution >= 0.6 is 0 Å². The molecule has 2 saturated heterocycles. The Morgan fingerprint density at radius 2 is 0.562 bits per heavy atom. The smallest absolute Gasteiger partial charge is 0.0552 e. The Balaban J connectivity index is 1.22. The quantitative estimate of drug-likeness (QED) is 0.314. The molecule has 4 aromatic rings. The highest BCUT2D eigenvalue weighted by Crippen LogP contribution is 2.57. The fraction of sp³-hybridized carbons (Fsp3) is 0.200. The van der Waals surface area contributed by atoms with Crippen LogP contribution in [0.2, 0.25) is 0 Å². The van der Waals surface area contributed by atoms with Crippen LogP contribution in [0.5, 0.6) is 0 Å². The Kier molecular flexibility index (Phi) is 5.10. The third-order valence-corrected chi connectivity index (χ3v) is 7.03. The van der Waals surface area contributed by atoms with Gasteiger partial charge in [-0.25, -0.2) is 0 Å². The summed E-state index contributed by atoms with van der Waals surface area (Å²) in [5, 5.41) is 0. The molecule has 0 aliphatic carbocycles. The Labute approximate surface area is 190 Å². The van der Waals surface area contributed by atoms with E-state index < -0.39 is 0 Å². The zero-order valence-electron chi connectivity index (χ0n) is 18.2. The minimum atomic E-state index is 0.476. The molecular formula is C30H28N2. The van der Waals surface area contributed by atoms with E-state index in [9.17, 15) is 0 Å². The molecule has 2 nitrogen and oxygen atoms in total. The van der Waals surface area contributed by atoms with Gasteiger partial charge in [-0.05, 0) is 22.3 Å². The zero-order valence-corrected chi connectivity index (χ0v) is 18.2. The van der Waals surface area contributed by atoms with Gasteiger partial charge in [0.05, 0.1) is 24.2 Å². The highest BCUT2D eigenvalue weighted by atomic mass is 15.4. The van der Waals surface area contributed by atoms with Crippen LogP contribution in [0.4, 0.5) is 0 Å². The van der Waals surface area contributed by atoms with Crippen LogP contribution in [0.3, 0.4) is 0 Å². The van der Waals surface area contributed by atoms with Crippen molar-refractivity contribution >= 4 is 0 Å².